The molecule has 0 aliphatic rings. The quantitative estimate of drug-likeness (QED) is 0.619. The molecule has 120 valence electrons. The van der Waals surface area contributed by atoms with Crippen LogP contribution in [-0.4, -0.2) is 31.9 Å². The van der Waals surface area contributed by atoms with Crippen molar-refractivity contribution in [1.29, 1.82) is 0 Å². The minimum atomic E-state index is 0.295. The smallest absolute Gasteiger partial charge is 0.0431 e. The van der Waals surface area contributed by atoms with Crippen molar-refractivity contribution < 1.29 is 5.11 Å². The van der Waals surface area contributed by atoms with Crippen LogP contribution in [0.1, 0.15) is 51.1 Å². The van der Waals surface area contributed by atoms with E-state index in [2.05, 4.69) is 65.2 Å². The molecule has 0 bridgehead atoms. The second kappa shape index (κ2) is 10.2. The summed E-state index contributed by atoms with van der Waals surface area (Å²) in [5, 5.41) is 12.4. The van der Waals surface area contributed by atoms with Gasteiger partial charge in [-0.1, -0.05) is 28.9 Å². The van der Waals surface area contributed by atoms with E-state index in [0.717, 1.165) is 43.2 Å². The third-order valence-electron chi connectivity index (χ3n) is 3.72. The van der Waals surface area contributed by atoms with Gasteiger partial charge in [0.25, 0.3) is 0 Å². The molecule has 0 saturated heterocycles. The number of hydrogen-bond donors (Lipinski definition) is 2. The van der Waals surface area contributed by atoms with E-state index in [1.54, 1.807) is 0 Å². The number of rotatable bonds is 10. The van der Waals surface area contributed by atoms with Gasteiger partial charge in [-0.15, -0.1) is 0 Å². The average molecular weight is 357 g/mol. The zero-order valence-electron chi connectivity index (χ0n) is 13.5. The van der Waals surface area contributed by atoms with Gasteiger partial charge in [0.2, 0.25) is 0 Å². The number of anilines is 1. The van der Waals surface area contributed by atoms with Crippen LogP contribution in [-0.2, 0) is 0 Å². The molecular weight excluding hydrogens is 328 g/mol. The normalized spacial score (nSPS) is 12.4. The molecule has 1 unspecified atom stereocenters. The molecule has 0 heterocycles. The number of hydrogen-bond acceptors (Lipinski definition) is 3. The molecule has 4 heteroatoms. The average Bonchev–Trinajstić information content (AvgIpc) is 2.48. The third-order valence-corrected chi connectivity index (χ3v) is 4.22. The standard InChI is InChI=1S/C17H29BrN2O/c1-4-10-19-14(2)16-9-8-15(18)13-17(16)20(3)11-6-5-7-12-21/h8-9,13-14,19,21H,4-7,10-12H2,1-3H3. The Labute approximate surface area is 137 Å². The highest BCUT2D eigenvalue weighted by Gasteiger charge is 2.13. The van der Waals surface area contributed by atoms with Crippen LogP contribution in [0, 0.1) is 0 Å². The van der Waals surface area contributed by atoms with E-state index < -0.39 is 0 Å². The Morgan fingerprint density at radius 1 is 1.29 bits per heavy atom. The molecular formula is C17H29BrN2O. The van der Waals surface area contributed by atoms with Gasteiger partial charge in [-0.25, -0.2) is 0 Å². The first kappa shape index (κ1) is 18.5. The van der Waals surface area contributed by atoms with Crippen molar-refractivity contribution in [3.05, 3.63) is 28.2 Å². The van der Waals surface area contributed by atoms with E-state index in [1.165, 1.54) is 11.3 Å². The molecule has 0 fully saturated rings. The Hall–Kier alpha value is -0.580. The number of nitrogens with one attached hydrogen (secondary N) is 1. The summed E-state index contributed by atoms with van der Waals surface area (Å²) < 4.78 is 1.12. The third kappa shape index (κ3) is 6.37. The van der Waals surface area contributed by atoms with Gasteiger partial charge in [0.05, 0.1) is 0 Å². The Kier molecular flexibility index (Phi) is 8.97. The summed E-state index contributed by atoms with van der Waals surface area (Å²) in [6.45, 7) is 6.77. The predicted octanol–water partition coefficient (Wildman–Crippen LogP) is 4.11. The first-order valence-electron chi connectivity index (χ1n) is 7.95. The van der Waals surface area contributed by atoms with E-state index in [4.69, 9.17) is 5.11 Å². The number of unbranched alkanes of at least 4 members (excludes halogenated alkanes) is 2. The minimum Gasteiger partial charge on any atom is -0.396 e. The van der Waals surface area contributed by atoms with E-state index >= 15 is 0 Å². The van der Waals surface area contributed by atoms with Crippen LogP contribution in [0.15, 0.2) is 22.7 Å². The SMILES string of the molecule is CCCNC(C)c1ccc(Br)cc1N(C)CCCCCO. The highest BCUT2D eigenvalue weighted by molar-refractivity contribution is 9.10. The van der Waals surface area contributed by atoms with Crippen LogP contribution in [0.3, 0.4) is 0 Å². The monoisotopic (exact) mass is 356 g/mol. The topological polar surface area (TPSA) is 35.5 Å². The first-order chi connectivity index (χ1) is 10.1. The van der Waals surface area contributed by atoms with Crippen LogP contribution >= 0.6 is 15.9 Å². The van der Waals surface area contributed by atoms with Gasteiger partial charge >= 0.3 is 0 Å². The van der Waals surface area contributed by atoms with Crippen molar-refractivity contribution in [3.63, 3.8) is 0 Å². The van der Waals surface area contributed by atoms with Gasteiger partial charge in [0.1, 0.15) is 0 Å². The number of halogens is 1. The van der Waals surface area contributed by atoms with Gasteiger partial charge < -0.3 is 15.3 Å². The second-order valence-electron chi connectivity index (χ2n) is 5.58. The fraction of sp³-hybridized carbons (Fsp3) is 0.647. The summed E-state index contributed by atoms with van der Waals surface area (Å²) in [5.74, 6) is 0. The van der Waals surface area contributed by atoms with E-state index in [1.807, 2.05) is 0 Å². The number of aliphatic hydroxyl groups excluding tert-OH is 1. The van der Waals surface area contributed by atoms with Crippen molar-refractivity contribution in [1.82, 2.24) is 5.32 Å². The van der Waals surface area contributed by atoms with Crippen LogP contribution in [0.2, 0.25) is 0 Å². The van der Waals surface area contributed by atoms with Gasteiger partial charge in [-0.05, 0) is 56.8 Å². The molecule has 0 radical (unpaired) electrons. The lowest BCUT2D eigenvalue weighted by atomic mass is 10.0. The summed E-state index contributed by atoms with van der Waals surface area (Å²) >= 11 is 3.58. The number of nitrogens with zero attached hydrogens (tertiary/aromatic N) is 1. The van der Waals surface area contributed by atoms with E-state index in [9.17, 15) is 0 Å². The summed E-state index contributed by atoms with van der Waals surface area (Å²) in [6.07, 6.45) is 4.23. The maximum atomic E-state index is 8.86. The Morgan fingerprint density at radius 3 is 2.71 bits per heavy atom. The maximum Gasteiger partial charge on any atom is 0.0431 e. The molecule has 0 amide bonds. The molecule has 0 aromatic heterocycles. The van der Waals surface area contributed by atoms with E-state index in [-0.39, 0.29) is 0 Å². The molecule has 21 heavy (non-hydrogen) atoms. The maximum absolute atomic E-state index is 8.86. The van der Waals surface area contributed by atoms with Gasteiger partial charge in [-0.3, -0.25) is 0 Å². The lowest BCUT2D eigenvalue weighted by Gasteiger charge is -2.26. The first-order valence-corrected chi connectivity index (χ1v) is 8.74. The molecule has 0 spiro atoms. The van der Waals surface area contributed by atoms with Gasteiger partial charge in [-0.2, -0.15) is 0 Å². The van der Waals surface area contributed by atoms with Crippen molar-refractivity contribution >= 4 is 21.6 Å². The molecule has 0 saturated carbocycles. The van der Waals surface area contributed by atoms with Gasteiger partial charge in [0.15, 0.2) is 0 Å². The van der Waals surface area contributed by atoms with Crippen molar-refractivity contribution in [2.24, 2.45) is 0 Å². The summed E-state index contributed by atoms with van der Waals surface area (Å²) in [5.41, 5.74) is 2.63. The second-order valence-corrected chi connectivity index (χ2v) is 6.50. The zero-order chi connectivity index (χ0) is 15.7. The summed E-state index contributed by atoms with van der Waals surface area (Å²) in [4.78, 5) is 2.32. The Morgan fingerprint density at radius 2 is 2.05 bits per heavy atom. The van der Waals surface area contributed by atoms with Crippen molar-refractivity contribution in [2.75, 3.05) is 31.6 Å². The molecule has 0 aliphatic carbocycles. The Balaban J connectivity index is 2.75. The van der Waals surface area contributed by atoms with E-state index in [0.29, 0.717) is 12.6 Å². The van der Waals surface area contributed by atoms with Crippen molar-refractivity contribution in [3.8, 4) is 0 Å². The summed E-state index contributed by atoms with van der Waals surface area (Å²) in [6, 6.07) is 6.87. The lowest BCUT2D eigenvalue weighted by Crippen LogP contribution is -2.25. The highest BCUT2D eigenvalue weighted by atomic mass is 79.9. The van der Waals surface area contributed by atoms with Gasteiger partial charge in [0, 0.05) is 36.4 Å². The predicted molar refractivity (Wildman–Crippen MR) is 95.1 cm³/mol. The fourth-order valence-corrected chi connectivity index (χ4v) is 2.79. The van der Waals surface area contributed by atoms with Crippen molar-refractivity contribution in [2.45, 2.75) is 45.6 Å². The molecule has 0 aliphatic heterocycles. The number of benzene rings is 1. The highest BCUT2D eigenvalue weighted by Crippen LogP contribution is 2.29. The molecule has 2 N–H and O–H groups in total. The lowest BCUT2D eigenvalue weighted by molar-refractivity contribution is 0.283. The fourth-order valence-electron chi connectivity index (χ4n) is 2.44. The largest absolute Gasteiger partial charge is 0.396 e. The Bertz CT molecular complexity index is 412. The molecule has 1 aromatic carbocycles. The summed E-state index contributed by atoms with van der Waals surface area (Å²) in [7, 11) is 2.15. The zero-order valence-corrected chi connectivity index (χ0v) is 15.1. The van der Waals surface area contributed by atoms with Crippen LogP contribution < -0.4 is 10.2 Å². The molecule has 1 atom stereocenters. The number of aliphatic hydroxyl groups is 1. The minimum absolute atomic E-state index is 0.295. The van der Waals surface area contributed by atoms with Crippen LogP contribution in [0.4, 0.5) is 5.69 Å². The van der Waals surface area contributed by atoms with Crippen LogP contribution in [0.25, 0.3) is 0 Å². The molecule has 3 nitrogen and oxygen atoms in total. The molecule has 1 rings (SSSR count). The molecule has 1 aromatic rings. The van der Waals surface area contributed by atoms with Crippen LogP contribution in [0.5, 0.6) is 0 Å².